The zero-order valence-electron chi connectivity index (χ0n) is 18.3. The van der Waals surface area contributed by atoms with E-state index in [1.54, 1.807) is 0 Å². The molecule has 30 heavy (non-hydrogen) atoms. The van der Waals surface area contributed by atoms with Crippen LogP contribution in [0.15, 0.2) is 29.3 Å². The zero-order chi connectivity index (χ0) is 21.2. The standard InChI is InChI=1S/C23H36ClN3O3/c1-3-18(30-22-10-5-4-9-21(22)24)16-26-23(25-2)27-13-11-19(12-14-27)29-17-20-8-6-7-15-28-20/h4-5,9-10,18-20H,3,6-8,11-17H2,1-2H3,(H,25,26). The summed E-state index contributed by atoms with van der Waals surface area (Å²) in [5, 5.41) is 4.12. The average molecular weight is 438 g/mol. The van der Waals surface area contributed by atoms with Crippen LogP contribution in [-0.2, 0) is 9.47 Å². The minimum absolute atomic E-state index is 0.0259. The Labute approximate surface area is 185 Å². The van der Waals surface area contributed by atoms with Gasteiger partial charge in [0.05, 0.1) is 30.4 Å². The molecule has 3 rings (SSSR count). The van der Waals surface area contributed by atoms with Crippen molar-refractivity contribution in [1.29, 1.82) is 0 Å². The molecule has 2 atom stereocenters. The first kappa shape index (κ1) is 23.2. The van der Waals surface area contributed by atoms with Crippen LogP contribution in [0.25, 0.3) is 0 Å². The van der Waals surface area contributed by atoms with Gasteiger partial charge in [-0.05, 0) is 50.7 Å². The summed E-state index contributed by atoms with van der Waals surface area (Å²) in [5.74, 6) is 1.65. The van der Waals surface area contributed by atoms with Crippen LogP contribution in [0, 0.1) is 0 Å². The van der Waals surface area contributed by atoms with E-state index in [1.165, 1.54) is 12.8 Å². The predicted molar refractivity (Wildman–Crippen MR) is 122 cm³/mol. The number of halogens is 1. The quantitative estimate of drug-likeness (QED) is 0.489. The van der Waals surface area contributed by atoms with Crippen molar-refractivity contribution < 1.29 is 14.2 Å². The molecule has 6 nitrogen and oxygen atoms in total. The first-order chi connectivity index (χ1) is 14.7. The minimum Gasteiger partial charge on any atom is -0.487 e. The van der Waals surface area contributed by atoms with Gasteiger partial charge in [0, 0.05) is 26.7 Å². The van der Waals surface area contributed by atoms with Gasteiger partial charge in [-0.3, -0.25) is 4.99 Å². The first-order valence-electron chi connectivity index (χ1n) is 11.3. The fraction of sp³-hybridized carbons (Fsp3) is 0.696. The van der Waals surface area contributed by atoms with E-state index >= 15 is 0 Å². The number of aliphatic imine (C=N–C) groups is 1. The van der Waals surface area contributed by atoms with E-state index in [9.17, 15) is 0 Å². The van der Waals surface area contributed by atoms with Gasteiger partial charge < -0.3 is 24.4 Å². The van der Waals surface area contributed by atoms with Crippen LogP contribution in [-0.4, -0.2) is 69.1 Å². The van der Waals surface area contributed by atoms with Gasteiger partial charge in [-0.15, -0.1) is 0 Å². The number of hydrogen-bond donors (Lipinski definition) is 1. The normalized spacial score (nSPS) is 22.0. The molecule has 0 radical (unpaired) electrons. The van der Waals surface area contributed by atoms with E-state index in [0.29, 0.717) is 17.7 Å². The van der Waals surface area contributed by atoms with Crippen molar-refractivity contribution in [3.8, 4) is 5.75 Å². The number of nitrogens with one attached hydrogen (secondary N) is 1. The molecular weight excluding hydrogens is 402 g/mol. The van der Waals surface area contributed by atoms with E-state index in [2.05, 4.69) is 22.1 Å². The Morgan fingerprint density at radius 2 is 2.07 bits per heavy atom. The van der Waals surface area contributed by atoms with Crippen molar-refractivity contribution >= 4 is 17.6 Å². The van der Waals surface area contributed by atoms with Crippen LogP contribution in [0.1, 0.15) is 45.4 Å². The molecule has 2 heterocycles. The van der Waals surface area contributed by atoms with Crippen LogP contribution >= 0.6 is 11.6 Å². The Kier molecular flexibility index (Phi) is 9.56. The summed E-state index contributed by atoms with van der Waals surface area (Å²) in [4.78, 5) is 6.78. The van der Waals surface area contributed by atoms with E-state index in [4.69, 9.17) is 25.8 Å². The van der Waals surface area contributed by atoms with Gasteiger partial charge >= 0.3 is 0 Å². The molecule has 168 valence electrons. The summed E-state index contributed by atoms with van der Waals surface area (Å²) in [6, 6.07) is 7.60. The Morgan fingerprint density at radius 1 is 1.27 bits per heavy atom. The molecule has 2 aliphatic heterocycles. The number of benzene rings is 1. The van der Waals surface area contributed by atoms with Crippen LogP contribution < -0.4 is 10.1 Å². The van der Waals surface area contributed by atoms with Crippen molar-refractivity contribution in [2.24, 2.45) is 4.99 Å². The molecule has 0 spiro atoms. The third-order valence-electron chi connectivity index (χ3n) is 5.82. The van der Waals surface area contributed by atoms with Crippen molar-refractivity contribution in [3.63, 3.8) is 0 Å². The Hall–Kier alpha value is -1.50. The Morgan fingerprint density at radius 3 is 2.73 bits per heavy atom. The highest BCUT2D eigenvalue weighted by atomic mass is 35.5. The highest BCUT2D eigenvalue weighted by Crippen LogP contribution is 2.24. The van der Waals surface area contributed by atoms with Crippen molar-refractivity contribution in [3.05, 3.63) is 29.3 Å². The van der Waals surface area contributed by atoms with Crippen molar-refractivity contribution in [1.82, 2.24) is 10.2 Å². The molecule has 0 bridgehead atoms. The third-order valence-corrected chi connectivity index (χ3v) is 6.13. The number of para-hydroxylation sites is 1. The molecular formula is C23H36ClN3O3. The number of likely N-dealkylation sites (tertiary alicyclic amines) is 1. The lowest BCUT2D eigenvalue weighted by atomic mass is 10.1. The first-order valence-corrected chi connectivity index (χ1v) is 11.7. The van der Waals surface area contributed by atoms with E-state index in [1.807, 2.05) is 31.3 Å². The van der Waals surface area contributed by atoms with Gasteiger partial charge in [-0.25, -0.2) is 0 Å². The fourth-order valence-electron chi connectivity index (χ4n) is 3.94. The molecule has 0 aliphatic carbocycles. The monoisotopic (exact) mass is 437 g/mol. The van der Waals surface area contributed by atoms with Crippen LogP contribution in [0.2, 0.25) is 5.02 Å². The molecule has 2 aliphatic rings. The average Bonchev–Trinajstić information content (AvgIpc) is 2.80. The molecule has 1 aromatic carbocycles. The number of rotatable bonds is 8. The van der Waals surface area contributed by atoms with Gasteiger partial charge in [0.2, 0.25) is 0 Å². The molecule has 2 unspecified atom stereocenters. The van der Waals surface area contributed by atoms with Gasteiger partial charge in [-0.2, -0.15) is 0 Å². The van der Waals surface area contributed by atoms with E-state index < -0.39 is 0 Å². The van der Waals surface area contributed by atoms with Crippen LogP contribution in [0.4, 0.5) is 0 Å². The molecule has 1 N–H and O–H groups in total. The molecule has 1 aromatic rings. The lowest BCUT2D eigenvalue weighted by Crippen LogP contribution is -2.49. The Bertz CT molecular complexity index is 659. The number of hydrogen-bond acceptors (Lipinski definition) is 4. The smallest absolute Gasteiger partial charge is 0.193 e. The maximum atomic E-state index is 6.23. The number of guanidine groups is 1. The number of ether oxygens (including phenoxy) is 3. The number of nitrogens with zero attached hydrogens (tertiary/aromatic N) is 2. The minimum atomic E-state index is 0.0259. The highest BCUT2D eigenvalue weighted by Gasteiger charge is 2.24. The molecule has 0 aromatic heterocycles. The lowest BCUT2D eigenvalue weighted by molar-refractivity contribution is -0.0721. The van der Waals surface area contributed by atoms with Crippen LogP contribution in [0.5, 0.6) is 5.75 Å². The highest BCUT2D eigenvalue weighted by molar-refractivity contribution is 6.32. The second kappa shape index (κ2) is 12.4. The van der Waals surface area contributed by atoms with Crippen molar-refractivity contribution in [2.75, 3.05) is 39.9 Å². The molecule has 7 heteroatoms. The second-order valence-corrected chi connectivity index (χ2v) is 8.42. The summed E-state index contributed by atoms with van der Waals surface area (Å²) in [5.41, 5.74) is 0. The zero-order valence-corrected chi connectivity index (χ0v) is 19.1. The van der Waals surface area contributed by atoms with Gasteiger partial charge in [0.1, 0.15) is 11.9 Å². The number of piperidine rings is 1. The SMILES string of the molecule is CCC(CNC(=NC)N1CCC(OCC2CCCCO2)CC1)Oc1ccccc1Cl. The van der Waals surface area contributed by atoms with Gasteiger partial charge in [0.15, 0.2) is 5.96 Å². The maximum Gasteiger partial charge on any atom is 0.193 e. The van der Waals surface area contributed by atoms with E-state index in [0.717, 1.165) is 63.7 Å². The molecule has 0 amide bonds. The van der Waals surface area contributed by atoms with Crippen LogP contribution in [0.3, 0.4) is 0 Å². The van der Waals surface area contributed by atoms with Gasteiger partial charge in [-0.1, -0.05) is 30.7 Å². The fourth-order valence-corrected chi connectivity index (χ4v) is 4.12. The van der Waals surface area contributed by atoms with Crippen molar-refractivity contribution in [2.45, 2.75) is 63.8 Å². The molecule has 0 saturated carbocycles. The second-order valence-electron chi connectivity index (χ2n) is 8.01. The topological polar surface area (TPSA) is 55.3 Å². The lowest BCUT2D eigenvalue weighted by Gasteiger charge is -2.35. The van der Waals surface area contributed by atoms with Gasteiger partial charge in [0.25, 0.3) is 0 Å². The Balaban J connectivity index is 1.40. The summed E-state index contributed by atoms with van der Waals surface area (Å²) in [6.07, 6.45) is 7.11. The molecule has 2 fully saturated rings. The van der Waals surface area contributed by atoms with E-state index in [-0.39, 0.29) is 12.2 Å². The summed E-state index contributed by atoms with van der Waals surface area (Å²) < 4.78 is 18.0. The largest absolute Gasteiger partial charge is 0.487 e. The maximum absolute atomic E-state index is 6.23. The summed E-state index contributed by atoms with van der Waals surface area (Å²) in [6.45, 7) is 6.30. The predicted octanol–water partition coefficient (Wildman–Crippen LogP) is 4.12. The summed E-state index contributed by atoms with van der Waals surface area (Å²) in [7, 11) is 1.83. The molecule has 2 saturated heterocycles. The third kappa shape index (κ3) is 7.03. The summed E-state index contributed by atoms with van der Waals surface area (Å²) >= 11 is 6.23.